The second-order valence-electron chi connectivity index (χ2n) is 3.92. The molecule has 1 aliphatic heterocycles. The average Bonchev–Trinajstić information content (AvgIpc) is 2.69. The number of carbonyl (C=O) groups is 2. The molecular formula is C11H9BrINO3S. The van der Waals surface area contributed by atoms with Gasteiger partial charge in [-0.25, -0.2) is 0 Å². The van der Waals surface area contributed by atoms with Crippen LogP contribution in [0, 0.1) is 3.77 Å². The minimum Gasteiger partial charge on any atom is -0.450 e. The van der Waals surface area contributed by atoms with Gasteiger partial charge in [0.15, 0.2) is 3.77 Å². The molecule has 0 unspecified atom stereocenters. The van der Waals surface area contributed by atoms with E-state index in [9.17, 15) is 9.59 Å². The van der Waals surface area contributed by atoms with Crippen LogP contribution in [-0.2, 0) is 4.79 Å². The lowest BCUT2D eigenvalue weighted by Gasteiger charge is -2.16. The van der Waals surface area contributed by atoms with Gasteiger partial charge in [-0.3, -0.25) is 14.5 Å². The van der Waals surface area contributed by atoms with E-state index in [0.717, 1.165) is 16.2 Å². The average molecular weight is 442 g/mol. The predicted octanol–water partition coefficient (Wildman–Crippen LogP) is 4.09. The largest absolute Gasteiger partial charge is 0.450 e. The Bertz CT molecular complexity index is 533. The van der Waals surface area contributed by atoms with E-state index in [4.69, 9.17) is 4.42 Å². The van der Waals surface area contributed by atoms with E-state index in [-0.39, 0.29) is 17.2 Å². The first-order valence-electron chi connectivity index (χ1n) is 5.12. The molecule has 2 heterocycles. The molecular weight excluding hydrogens is 433 g/mol. The zero-order valence-corrected chi connectivity index (χ0v) is 14.1. The Morgan fingerprint density at radius 1 is 1.50 bits per heavy atom. The van der Waals surface area contributed by atoms with Gasteiger partial charge in [0.2, 0.25) is 0 Å². The van der Waals surface area contributed by atoms with Crippen molar-refractivity contribution in [2.75, 3.05) is 0 Å². The highest BCUT2D eigenvalue weighted by atomic mass is 127. The first-order valence-corrected chi connectivity index (χ1v) is 7.81. The van der Waals surface area contributed by atoms with Crippen LogP contribution >= 0.6 is 50.3 Å². The molecule has 1 fully saturated rings. The van der Waals surface area contributed by atoms with Gasteiger partial charge in [-0.05, 0) is 47.6 Å². The van der Waals surface area contributed by atoms with Gasteiger partial charge >= 0.3 is 0 Å². The zero-order valence-electron chi connectivity index (χ0n) is 9.57. The highest BCUT2D eigenvalue weighted by Gasteiger charge is 2.36. The van der Waals surface area contributed by atoms with Crippen molar-refractivity contribution >= 4 is 67.5 Å². The summed E-state index contributed by atoms with van der Waals surface area (Å²) in [6, 6.07) is 1.64. The summed E-state index contributed by atoms with van der Waals surface area (Å²) in [6.07, 6.45) is 1.60. The molecule has 2 rings (SSSR count). The van der Waals surface area contributed by atoms with Crippen molar-refractivity contribution in [2.24, 2.45) is 0 Å². The highest BCUT2D eigenvalue weighted by Crippen LogP contribution is 2.34. The SMILES string of the molecule is CC(C)N1C(=O)S/C(=C\c2cc(Br)c(I)o2)C1=O. The lowest BCUT2D eigenvalue weighted by molar-refractivity contribution is -0.123. The van der Waals surface area contributed by atoms with E-state index in [0.29, 0.717) is 14.4 Å². The Labute approximate surface area is 130 Å². The van der Waals surface area contributed by atoms with Crippen LogP contribution in [-0.4, -0.2) is 22.1 Å². The predicted molar refractivity (Wildman–Crippen MR) is 82.1 cm³/mol. The summed E-state index contributed by atoms with van der Waals surface area (Å²) in [6.45, 7) is 3.62. The van der Waals surface area contributed by atoms with E-state index >= 15 is 0 Å². The summed E-state index contributed by atoms with van der Waals surface area (Å²) in [5, 5.41) is -0.235. The monoisotopic (exact) mass is 441 g/mol. The van der Waals surface area contributed by atoms with E-state index in [1.807, 2.05) is 36.4 Å². The Balaban J connectivity index is 2.30. The number of nitrogens with zero attached hydrogens (tertiary/aromatic N) is 1. The first-order chi connectivity index (χ1) is 8.40. The standard InChI is InChI=1S/C11H9BrINO3S/c1-5(2)14-10(15)8(18-11(14)16)4-6-3-7(12)9(13)17-6/h3-5H,1-2H3/b8-4-. The summed E-state index contributed by atoms with van der Waals surface area (Å²) < 4.78 is 6.96. The maximum absolute atomic E-state index is 12.0. The Morgan fingerprint density at radius 3 is 2.61 bits per heavy atom. The van der Waals surface area contributed by atoms with Crippen LogP contribution in [0.1, 0.15) is 19.6 Å². The third-order valence-electron chi connectivity index (χ3n) is 2.28. The molecule has 0 bridgehead atoms. The number of carbonyl (C=O) groups excluding carboxylic acids is 2. The quantitative estimate of drug-likeness (QED) is 0.512. The molecule has 18 heavy (non-hydrogen) atoms. The van der Waals surface area contributed by atoms with Crippen molar-refractivity contribution in [3.8, 4) is 0 Å². The van der Waals surface area contributed by atoms with E-state index in [2.05, 4.69) is 15.9 Å². The van der Waals surface area contributed by atoms with Gasteiger partial charge in [0.25, 0.3) is 11.1 Å². The number of amides is 2. The molecule has 0 aliphatic carbocycles. The molecule has 1 aromatic heterocycles. The van der Waals surface area contributed by atoms with Crippen molar-refractivity contribution in [3.05, 3.63) is 25.0 Å². The Kier molecular flexibility index (Phi) is 4.22. The molecule has 0 atom stereocenters. The van der Waals surface area contributed by atoms with E-state index in [1.165, 1.54) is 4.90 Å². The van der Waals surface area contributed by atoms with Gasteiger partial charge in [-0.15, -0.1) is 0 Å². The normalized spacial score (nSPS) is 18.5. The van der Waals surface area contributed by atoms with Crippen molar-refractivity contribution in [1.29, 1.82) is 0 Å². The van der Waals surface area contributed by atoms with E-state index in [1.54, 1.807) is 12.1 Å². The summed E-state index contributed by atoms with van der Waals surface area (Å²) in [4.78, 5) is 25.3. The Morgan fingerprint density at radius 2 is 2.17 bits per heavy atom. The number of imide groups is 1. The fourth-order valence-corrected chi connectivity index (χ4v) is 3.15. The molecule has 0 radical (unpaired) electrons. The maximum Gasteiger partial charge on any atom is 0.293 e. The summed E-state index contributed by atoms with van der Waals surface area (Å²) in [7, 11) is 0. The number of hydrogen-bond donors (Lipinski definition) is 0. The zero-order chi connectivity index (χ0) is 13.4. The fraction of sp³-hybridized carbons (Fsp3) is 0.273. The number of thioether (sulfide) groups is 1. The summed E-state index contributed by atoms with van der Waals surface area (Å²) in [5.41, 5.74) is 0. The summed E-state index contributed by atoms with van der Waals surface area (Å²) >= 11 is 6.31. The molecule has 1 aliphatic rings. The number of rotatable bonds is 2. The third-order valence-corrected chi connectivity index (χ3v) is 5.29. The van der Waals surface area contributed by atoms with Gasteiger partial charge in [-0.2, -0.15) is 0 Å². The van der Waals surface area contributed by atoms with Gasteiger partial charge in [-0.1, -0.05) is 0 Å². The van der Waals surface area contributed by atoms with Gasteiger partial charge < -0.3 is 4.42 Å². The minimum atomic E-state index is -0.262. The van der Waals surface area contributed by atoms with Crippen LogP contribution in [0.2, 0.25) is 0 Å². The van der Waals surface area contributed by atoms with Gasteiger partial charge in [0.1, 0.15) is 5.76 Å². The molecule has 0 saturated carbocycles. The van der Waals surface area contributed by atoms with Crippen LogP contribution in [0.5, 0.6) is 0 Å². The molecule has 2 amide bonds. The second-order valence-corrected chi connectivity index (χ2v) is 6.74. The molecule has 0 aromatic carbocycles. The van der Waals surface area contributed by atoms with Crippen LogP contribution in [0.15, 0.2) is 19.9 Å². The van der Waals surface area contributed by atoms with Crippen molar-refractivity contribution in [2.45, 2.75) is 19.9 Å². The molecule has 7 heteroatoms. The number of furan rings is 1. The summed E-state index contributed by atoms with van der Waals surface area (Å²) in [5.74, 6) is 0.295. The Hall–Kier alpha value is -0.280. The molecule has 96 valence electrons. The molecule has 0 spiro atoms. The van der Waals surface area contributed by atoms with Crippen molar-refractivity contribution < 1.29 is 14.0 Å². The third kappa shape index (κ3) is 2.67. The second kappa shape index (κ2) is 5.38. The lowest BCUT2D eigenvalue weighted by Crippen LogP contribution is -2.34. The molecule has 1 saturated heterocycles. The van der Waals surface area contributed by atoms with Crippen LogP contribution in [0.4, 0.5) is 4.79 Å². The molecule has 0 N–H and O–H groups in total. The number of halogens is 2. The van der Waals surface area contributed by atoms with Crippen LogP contribution in [0.3, 0.4) is 0 Å². The molecule has 1 aromatic rings. The highest BCUT2D eigenvalue weighted by molar-refractivity contribution is 14.1. The topological polar surface area (TPSA) is 50.5 Å². The number of hydrogen-bond acceptors (Lipinski definition) is 4. The van der Waals surface area contributed by atoms with Gasteiger partial charge in [0.05, 0.1) is 9.38 Å². The van der Waals surface area contributed by atoms with E-state index < -0.39 is 0 Å². The smallest absolute Gasteiger partial charge is 0.293 e. The van der Waals surface area contributed by atoms with Crippen LogP contribution < -0.4 is 0 Å². The maximum atomic E-state index is 12.0. The molecule has 4 nitrogen and oxygen atoms in total. The van der Waals surface area contributed by atoms with Crippen molar-refractivity contribution in [3.63, 3.8) is 0 Å². The van der Waals surface area contributed by atoms with Crippen molar-refractivity contribution in [1.82, 2.24) is 4.90 Å². The lowest BCUT2D eigenvalue weighted by atomic mass is 10.3. The first kappa shape index (κ1) is 14.1. The van der Waals surface area contributed by atoms with Gasteiger partial charge in [0, 0.05) is 34.7 Å². The fourth-order valence-electron chi connectivity index (χ4n) is 1.49. The van der Waals surface area contributed by atoms with Crippen LogP contribution in [0.25, 0.3) is 6.08 Å². The minimum absolute atomic E-state index is 0.133.